The van der Waals surface area contributed by atoms with Crippen LogP contribution in [0.1, 0.15) is 11.1 Å². The molecule has 0 aliphatic heterocycles. The van der Waals surface area contributed by atoms with E-state index in [2.05, 4.69) is 0 Å². The summed E-state index contributed by atoms with van der Waals surface area (Å²) in [7, 11) is 1.54. The van der Waals surface area contributed by atoms with Crippen LogP contribution in [0.5, 0.6) is 11.5 Å². The Labute approximate surface area is 97.1 Å². The molecule has 2 rings (SSSR count). The summed E-state index contributed by atoms with van der Waals surface area (Å²) in [6.07, 6.45) is 3.03. The minimum atomic E-state index is -0.829. The van der Waals surface area contributed by atoms with E-state index in [0.29, 0.717) is 5.75 Å². The molecule has 0 radical (unpaired) electrons. The predicted molar refractivity (Wildman–Crippen MR) is 64.9 cm³/mol. The van der Waals surface area contributed by atoms with E-state index < -0.39 is 16.6 Å². The summed E-state index contributed by atoms with van der Waals surface area (Å²) >= 11 is 0. The summed E-state index contributed by atoms with van der Waals surface area (Å²) in [6, 6.07) is 7.23. The first-order chi connectivity index (χ1) is 8.15. The molecule has 4 heteroatoms. The van der Waals surface area contributed by atoms with Gasteiger partial charge in [0.2, 0.25) is 5.43 Å². The Bertz CT molecular complexity index is 646. The van der Waals surface area contributed by atoms with Crippen LogP contribution in [0.15, 0.2) is 33.9 Å². The van der Waals surface area contributed by atoms with Crippen LogP contribution >= 0.6 is 0 Å². The summed E-state index contributed by atoms with van der Waals surface area (Å²) in [5.74, 6) is 0.183. The Morgan fingerprint density at radius 1 is 1.12 bits per heavy atom. The van der Waals surface area contributed by atoms with E-state index in [0.717, 1.165) is 5.56 Å². The number of hydrogen-bond donors (Lipinski definition) is 1. The second-order valence-electron chi connectivity index (χ2n) is 3.50. The van der Waals surface area contributed by atoms with E-state index in [1.54, 1.807) is 25.3 Å². The van der Waals surface area contributed by atoms with Crippen LogP contribution in [0.4, 0.5) is 0 Å². The molecule has 0 unspecified atom stereocenters. The highest BCUT2D eigenvalue weighted by Crippen LogP contribution is 2.20. The fourth-order valence-corrected chi connectivity index (χ4v) is 1.53. The average molecular weight is 230 g/mol. The van der Waals surface area contributed by atoms with Crippen molar-refractivity contribution < 1.29 is 9.84 Å². The molecule has 2 aromatic carbocycles. The van der Waals surface area contributed by atoms with Gasteiger partial charge in [0.1, 0.15) is 5.75 Å². The van der Waals surface area contributed by atoms with Crippen LogP contribution in [-0.4, -0.2) is 12.2 Å². The maximum absolute atomic E-state index is 11.1. The lowest BCUT2D eigenvalue weighted by atomic mass is 10.1. The molecule has 0 amide bonds. The van der Waals surface area contributed by atoms with E-state index in [1.807, 2.05) is 12.1 Å². The molecule has 0 atom stereocenters. The second-order valence-corrected chi connectivity index (χ2v) is 3.50. The summed E-state index contributed by atoms with van der Waals surface area (Å²) in [5, 5.41) is 9.18. The number of para-hydroxylation sites is 1. The van der Waals surface area contributed by atoms with Crippen molar-refractivity contribution in [2.75, 3.05) is 7.11 Å². The first-order valence-corrected chi connectivity index (χ1v) is 4.98. The van der Waals surface area contributed by atoms with E-state index >= 15 is 0 Å². The predicted octanol–water partition coefficient (Wildman–Crippen LogP) is 1.17. The van der Waals surface area contributed by atoms with Crippen molar-refractivity contribution in [2.45, 2.75) is 0 Å². The Hall–Kier alpha value is -2.36. The number of methoxy groups -OCH3 is 1. The third-order valence-electron chi connectivity index (χ3n) is 2.49. The Morgan fingerprint density at radius 3 is 2.47 bits per heavy atom. The monoisotopic (exact) mass is 230 g/mol. The van der Waals surface area contributed by atoms with Crippen molar-refractivity contribution >= 4 is 12.2 Å². The van der Waals surface area contributed by atoms with Crippen LogP contribution in [-0.2, 0) is 0 Å². The molecule has 0 aromatic heterocycles. The highest BCUT2D eigenvalue weighted by Gasteiger charge is 2.16. The quantitative estimate of drug-likeness (QED) is 0.804. The summed E-state index contributed by atoms with van der Waals surface area (Å²) < 4.78 is 5.12. The average Bonchev–Trinajstić information content (AvgIpc) is 2.38. The standard InChI is InChI=1S/C13H10O4/c1-17-10-5-3-2-4-8(10)6-7-9-11(14)13(16)12(9)15/h2-7,14H,1H3/b7-6+. The van der Waals surface area contributed by atoms with Gasteiger partial charge in [-0.15, -0.1) is 0 Å². The molecule has 0 heterocycles. The molecular formula is C13H10O4. The third kappa shape index (κ3) is 1.85. The van der Waals surface area contributed by atoms with Crippen LogP contribution in [0.25, 0.3) is 12.2 Å². The number of rotatable bonds is 3. The minimum absolute atomic E-state index is 0.0425. The van der Waals surface area contributed by atoms with Gasteiger partial charge in [0.15, 0.2) is 5.75 Å². The first-order valence-electron chi connectivity index (χ1n) is 4.98. The molecule has 0 saturated carbocycles. The van der Waals surface area contributed by atoms with Gasteiger partial charge in [-0.3, -0.25) is 9.59 Å². The minimum Gasteiger partial charge on any atom is -0.504 e. The number of ether oxygens (including phenoxy) is 1. The van der Waals surface area contributed by atoms with Crippen molar-refractivity contribution in [2.24, 2.45) is 0 Å². The van der Waals surface area contributed by atoms with Crippen LogP contribution in [0.2, 0.25) is 0 Å². The van der Waals surface area contributed by atoms with Gasteiger partial charge >= 0.3 is 0 Å². The van der Waals surface area contributed by atoms with Crippen molar-refractivity contribution in [1.29, 1.82) is 0 Å². The molecule has 2 aromatic rings. The molecule has 0 spiro atoms. The molecule has 4 nitrogen and oxygen atoms in total. The van der Waals surface area contributed by atoms with Crippen molar-refractivity contribution in [3.63, 3.8) is 0 Å². The normalized spacial score (nSPS) is 11.1. The van der Waals surface area contributed by atoms with E-state index in [9.17, 15) is 14.7 Å². The lowest BCUT2D eigenvalue weighted by molar-refractivity contribution is 0.414. The van der Waals surface area contributed by atoms with E-state index in [-0.39, 0.29) is 5.56 Å². The lowest BCUT2D eigenvalue weighted by Crippen LogP contribution is -2.32. The molecule has 1 N–H and O–H groups in total. The highest BCUT2D eigenvalue weighted by atomic mass is 16.5. The van der Waals surface area contributed by atoms with Crippen molar-refractivity contribution in [3.05, 3.63) is 55.8 Å². The Kier molecular flexibility index (Phi) is 2.78. The van der Waals surface area contributed by atoms with Crippen LogP contribution in [0, 0.1) is 0 Å². The highest BCUT2D eigenvalue weighted by molar-refractivity contribution is 5.76. The van der Waals surface area contributed by atoms with Gasteiger partial charge in [-0.1, -0.05) is 24.3 Å². The molecule has 0 fully saturated rings. The van der Waals surface area contributed by atoms with E-state index in [1.165, 1.54) is 6.08 Å². The maximum atomic E-state index is 11.1. The summed E-state index contributed by atoms with van der Waals surface area (Å²) in [5.41, 5.74) is -0.679. The Balaban J connectivity index is 2.34. The van der Waals surface area contributed by atoms with Crippen molar-refractivity contribution in [1.82, 2.24) is 0 Å². The fraction of sp³-hybridized carbons (Fsp3) is 0.0769. The van der Waals surface area contributed by atoms with E-state index in [4.69, 9.17) is 4.74 Å². The molecular weight excluding hydrogens is 220 g/mol. The molecule has 0 bridgehead atoms. The summed E-state index contributed by atoms with van der Waals surface area (Å²) in [6.45, 7) is 0. The SMILES string of the molecule is COc1ccccc1/C=C/c1c(O)c(=O)c1=O. The molecule has 86 valence electrons. The maximum Gasteiger partial charge on any atom is 0.268 e. The molecule has 0 aliphatic rings. The lowest BCUT2D eigenvalue weighted by Gasteiger charge is -2.04. The zero-order valence-corrected chi connectivity index (χ0v) is 9.14. The zero-order chi connectivity index (χ0) is 12.4. The van der Waals surface area contributed by atoms with Crippen molar-refractivity contribution in [3.8, 4) is 11.5 Å². The number of aromatic hydroxyl groups is 1. The number of hydrogen-bond acceptors (Lipinski definition) is 4. The largest absolute Gasteiger partial charge is 0.504 e. The van der Waals surface area contributed by atoms with Gasteiger partial charge in [0, 0.05) is 5.56 Å². The van der Waals surface area contributed by atoms with Crippen LogP contribution < -0.4 is 15.6 Å². The van der Waals surface area contributed by atoms with Gasteiger partial charge in [-0.2, -0.15) is 0 Å². The molecule has 0 aliphatic carbocycles. The van der Waals surface area contributed by atoms with Gasteiger partial charge in [-0.25, -0.2) is 0 Å². The summed E-state index contributed by atoms with van der Waals surface area (Å²) in [4.78, 5) is 21.9. The fourth-order valence-electron chi connectivity index (χ4n) is 1.53. The first kappa shape index (κ1) is 11.1. The zero-order valence-electron chi connectivity index (χ0n) is 9.14. The third-order valence-corrected chi connectivity index (χ3v) is 2.49. The second kappa shape index (κ2) is 4.25. The number of benzene rings is 1. The Morgan fingerprint density at radius 2 is 1.82 bits per heavy atom. The van der Waals surface area contributed by atoms with Gasteiger partial charge in [0.05, 0.1) is 12.7 Å². The van der Waals surface area contributed by atoms with Gasteiger partial charge in [-0.05, 0) is 12.1 Å². The molecule has 0 saturated heterocycles. The molecule has 17 heavy (non-hydrogen) atoms. The van der Waals surface area contributed by atoms with Crippen LogP contribution in [0.3, 0.4) is 0 Å². The topological polar surface area (TPSA) is 63.6 Å². The van der Waals surface area contributed by atoms with Gasteiger partial charge < -0.3 is 9.84 Å². The van der Waals surface area contributed by atoms with Gasteiger partial charge in [0.25, 0.3) is 5.43 Å². The smallest absolute Gasteiger partial charge is 0.268 e.